The topological polar surface area (TPSA) is 67.0 Å². The van der Waals surface area contributed by atoms with E-state index in [1.165, 1.54) is 0 Å². The van der Waals surface area contributed by atoms with Gasteiger partial charge in [0.25, 0.3) is 0 Å². The van der Waals surface area contributed by atoms with Gasteiger partial charge < -0.3 is 15.0 Å². The fourth-order valence-corrected chi connectivity index (χ4v) is 2.08. The van der Waals surface area contributed by atoms with Crippen LogP contribution in [0.15, 0.2) is 36.5 Å². The van der Waals surface area contributed by atoms with E-state index < -0.39 is 24.0 Å². The van der Waals surface area contributed by atoms with Gasteiger partial charge in [-0.25, -0.2) is 9.78 Å². The predicted octanol–water partition coefficient (Wildman–Crippen LogP) is 4.05. The number of imidazole rings is 1. The van der Waals surface area contributed by atoms with Gasteiger partial charge in [0, 0.05) is 0 Å². The molecule has 2 aromatic rings. The second-order valence-corrected chi connectivity index (χ2v) is 5.61. The van der Waals surface area contributed by atoms with Crippen molar-refractivity contribution in [3.63, 3.8) is 0 Å². The van der Waals surface area contributed by atoms with Gasteiger partial charge in [-0.2, -0.15) is 13.2 Å². The Morgan fingerprint density at radius 1 is 1.29 bits per heavy atom. The number of benzene rings is 1. The molecule has 8 heteroatoms. The molecule has 2 rings (SSSR count). The lowest BCUT2D eigenvalue weighted by Gasteiger charge is -2.20. The SMILES string of the molecule is CC(C)[C@H](NC(=O)OCc1ccccc1)c1ncc(C(F)(F)F)[nH]1. The van der Waals surface area contributed by atoms with Crippen molar-refractivity contribution in [2.75, 3.05) is 0 Å². The van der Waals surface area contributed by atoms with Crippen LogP contribution in [0.1, 0.15) is 37.0 Å². The molecule has 1 aromatic heterocycles. The molecule has 0 aliphatic rings. The number of nitrogens with zero attached hydrogens (tertiary/aromatic N) is 1. The number of H-pyrrole nitrogens is 1. The normalized spacial score (nSPS) is 12.9. The van der Waals surface area contributed by atoms with E-state index in [1.807, 2.05) is 18.2 Å². The van der Waals surface area contributed by atoms with Gasteiger partial charge in [-0.15, -0.1) is 0 Å². The second kappa shape index (κ2) is 7.37. The van der Waals surface area contributed by atoms with E-state index in [-0.39, 0.29) is 18.3 Å². The summed E-state index contributed by atoms with van der Waals surface area (Å²) in [6.45, 7) is 3.60. The molecule has 1 atom stereocenters. The molecule has 1 heterocycles. The molecule has 1 amide bonds. The van der Waals surface area contributed by atoms with E-state index in [0.717, 1.165) is 5.56 Å². The van der Waals surface area contributed by atoms with E-state index in [0.29, 0.717) is 6.20 Å². The number of hydrogen-bond acceptors (Lipinski definition) is 3. The van der Waals surface area contributed by atoms with E-state index in [4.69, 9.17) is 4.74 Å². The summed E-state index contributed by atoms with van der Waals surface area (Å²) in [6, 6.07) is 8.35. The molecule has 130 valence electrons. The van der Waals surface area contributed by atoms with Crippen molar-refractivity contribution in [3.8, 4) is 0 Å². The zero-order valence-electron chi connectivity index (χ0n) is 13.2. The van der Waals surface area contributed by atoms with Crippen molar-refractivity contribution in [1.82, 2.24) is 15.3 Å². The first kappa shape index (κ1) is 17.8. The standard InChI is InChI=1S/C16H18F3N3O2/c1-10(2)13(14-20-8-12(21-14)16(17,18)19)22-15(23)24-9-11-6-4-3-5-7-11/h3-8,10,13H,9H2,1-2H3,(H,20,21)(H,22,23)/t13-/m0/s1. The number of hydrogen-bond donors (Lipinski definition) is 2. The van der Waals surface area contributed by atoms with Gasteiger partial charge in [0.2, 0.25) is 0 Å². The number of halogens is 3. The smallest absolute Gasteiger partial charge is 0.432 e. The van der Waals surface area contributed by atoms with E-state index >= 15 is 0 Å². The predicted molar refractivity (Wildman–Crippen MR) is 80.9 cm³/mol. The summed E-state index contributed by atoms with van der Waals surface area (Å²) in [7, 11) is 0. The number of rotatable bonds is 5. The Bertz CT molecular complexity index is 669. The van der Waals surface area contributed by atoms with Crippen molar-refractivity contribution in [1.29, 1.82) is 0 Å². The Balaban J connectivity index is 2.00. The number of alkyl halides is 3. The molecule has 0 saturated heterocycles. The Hall–Kier alpha value is -2.51. The van der Waals surface area contributed by atoms with E-state index in [1.54, 1.807) is 26.0 Å². The zero-order valence-corrected chi connectivity index (χ0v) is 13.2. The molecule has 0 radical (unpaired) electrons. The Morgan fingerprint density at radius 2 is 1.96 bits per heavy atom. The minimum Gasteiger partial charge on any atom is -0.445 e. The summed E-state index contributed by atoms with van der Waals surface area (Å²) in [4.78, 5) is 17.8. The molecule has 1 aromatic carbocycles. The van der Waals surface area contributed by atoms with Crippen molar-refractivity contribution in [3.05, 3.63) is 53.6 Å². The third-order valence-corrected chi connectivity index (χ3v) is 3.35. The van der Waals surface area contributed by atoms with Crippen LogP contribution in [-0.4, -0.2) is 16.1 Å². The van der Waals surface area contributed by atoms with Crippen LogP contribution < -0.4 is 5.32 Å². The Morgan fingerprint density at radius 3 is 2.50 bits per heavy atom. The first-order chi connectivity index (χ1) is 11.3. The van der Waals surface area contributed by atoms with Crippen LogP contribution in [-0.2, 0) is 17.5 Å². The maximum absolute atomic E-state index is 12.7. The summed E-state index contributed by atoms with van der Waals surface area (Å²) < 4.78 is 43.1. The molecule has 0 aliphatic heterocycles. The molecule has 5 nitrogen and oxygen atoms in total. The molecule has 0 aliphatic carbocycles. The first-order valence-electron chi connectivity index (χ1n) is 7.36. The Labute approximate surface area is 137 Å². The molecule has 0 bridgehead atoms. The second-order valence-electron chi connectivity index (χ2n) is 5.61. The van der Waals surface area contributed by atoms with Crippen molar-refractivity contribution >= 4 is 6.09 Å². The maximum Gasteiger partial charge on any atom is 0.432 e. The number of carbonyl (C=O) groups is 1. The number of ether oxygens (including phenoxy) is 1. The third kappa shape index (κ3) is 4.74. The molecular formula is C16H18F3N3O2. The molecule has 0 unspecified atom stereocenters. The maximum atomic E-state index is 12.7. The summed E-state index contributed by atoms with van der Waals surface area (Å²) in [5, 5.41) is 2.55. The Kier molecular flexibility index (Phi) is 5.48. The molecular weight excluding hydrogens is 323 g/mol. The molecule has 24 heavy (non-hydrogen) atoms. The summed E-state index contributed by atoms with van der Waals surface area (Å²) in [5.74, 6) is -0.143. The highest BCUT2D eigenvalue weighted by Crippen LogP contribution is 2.29. The highest BCUT2D eigenvalue weighted by atomic mass is 19.4. The van der Waals surface area contributed by atoms with Crippen LogP contribution in [0.25, 0.3) is 0 Å². The number of nitrogens with one attached hydrogen (secondary N) is 2. The zero-order chi connectivity index (χ0) is 17.7. The third-order valence-electron chi connectivity index (χ3n) is 3.35. The van der Waals surface area contributed by atoms with Gasteiger partial charge in [0.05, 0.1) is 12.2 Å². The highest BCUT2D eigenvalue weighted by molar-refractivity contribution is 5.67. The number of alkyl carbamates (subject to hydrolysis) is 1. The van der Waals surface area contributed by atoms with E-state index in [9.17, 15) is 18.0 Å². The largest absolute Gasteiger partial charge is 0.445 e. The van der Waals surface area contributed by atoms with Gasteiger partial charge in [-0.05, 0) is 11.5 Å². The van der Waals surface area contributed by atoms with Gasteiger partial charge in [0.1, 0.15) is 18.1 Å². The molecule has 0 spiro atoms. The van der Waals surface area contributed by atoms with Crippen molar-refractivity contribution in [2.45, 2.75) is 32.7 Å². The number of aromatic amines is 1. The fraction of sp³-hybridized carbons (Fsp3) is 0.375. The van der Waals surface area contributed by atoms with Crippen LogP contribution in [0.2, 0.25) is 0 Å². The van der Waals surface area contributed by atoms with Crippen LogP contribution in [0.4, 0.5) is 18.0 Å². The summed E-state index contributed by atoms with van der Waals surface area (Å²) in [6.07, 6.45) is -4.52. The van der Waals surface area contributed by atoms with Crippen LogP contribution in [0.5, 0.6) is 0 Å². The lowest BCUT2D eigenvalue weighted by Crippen LogP contribution is -2.33. The number of aromatic nitrogens is 2. The van der Waals surface area contributed by atoms with Crippen LogP contribution in [0.3, 0.4) is 0 Å². The quantitative estimate of drug-likeness (QED) is 0.862. The van der Waals surface area contributed by atoms with Crippen LogP contribution in [0, 0.1) is 5.92 Å². The molecule has 0 saturated carbocycles. The lowest BCUT2D eigenvalue weighted by atomic mass is 10.0. The summed E-state index contributed by atoms with van der Waals surface area (Å²) >= 11 is 0. The van der Waals surface area contributed by atoms with Crippen molar-refractivity contribution < 1.29 is 22.7 Å². The lowest BCUT2D eigenvalue weighted by molar-refractivity contribution is -0.141. The average molecular weight is 341 g/mol. The number of carbonyl (C=O) groups excluding carboxylic acids is 1. The van der Waals surface area contributed by atoms with Gasteiger partial charge in [0.15, 0.2) is 0 Å². The molecule has 2 N–H and O–H groups in total. The minimum absolute atomic E-state index is 0.0361. The monoisotopic (exact) mass is 341 g/mol. The van der Waals surface area contributed by atoms with Gasteiger partial charge >= 0.3 is 12.3 Å². The van der Waals surface area contributed by atoms with E-state index in [2.05, 4.69) is 15.3 Å². The minimum atomic E-state index is -4.51. The average Bonchev–Trinajstić information content (AvgIpc) is 3.01. The van der Waals surface area contributed by atoms with Gasteiger partial charge in [-0.1, -0.05) is 44.2 Å². The van der Waals surface area contributed by atoms with Gasteiger partial charge in [-0.3, -0.25) is 0 Å². The highest BCUT2D eigenvalue weighted by Gasteiger charge is 2.34. The fourth-order valence-electron chi connectivity index (χ4n) is 2.08. The first-order valence-corrected chi connectivity index (χ1v) is 7.36. The molecule has 0 fully saturated rings. The van der Waals surface area contributed by atoms with Crippen molar-refractivity contribution in [2.24, 2.45) is 5.92 Å². The summed E-state index contributed by atoms with van der Waals surface area (Å²) in [5.41, 5.74) is -0.145. The van der Waals surface area contributed by atoms with Crippen LogP contribution >= 0.6 is 0 Å². The number of amides is 1.